The van der Waals surface area contributed by atoms with Gasteiger partial charge in [0.05, 0.1) is 12.2 Å². The van der Waals surface area contributed by atoms with Gasteiger partial charge in [-0.3, -0.25) is 4.90 Å². The van der Waals surface area contributed by atoms with Crippen molar-refractivity contribution < 1.29 is 9.84 Å². The van der Waals surface area contributed by atoms with Crippen LogP contribution in [0.2, 0.25) is 0 Å². The number of aliphatic hydroxyl groups excluding tert-OH is 1. The SMILES string of the molecule is COC1CCCN(CC(O)CNCC(C)C)C1. The van der Waals surface area contributed by atoms with Crippen LogP contribution in [-0.4, -0.2) is 62.0 Å². The summed E-state index contributed by atoms with van der Waals surface area (Å²) < 4.78 is 5.38. The number of hydrogen-bond acceptors (Lipinski definition) is 4. The van der Waals surface area contributed by atoms with Crippen LogP contribution in [0.25, 0.3) is 0 Å². The van der Waals surface area contributed by atoms with E-state index in [4.69, 9.17) is 4.74 Å². The van der Waals surface area contributed by atoms with E-state index in [0.717, 1.165) is 32.6 Å². The Kier molecular flexibility index (Phi) is 7.04. The Balaban J connectivity index is 2.14. The normalized spacial score (nSPS) is 24.2. The molecule has 1 saturated heterocycles. The maximum Gasteiger partial charge on any atom is 0.0791 e. The molecular weight excluding hydrogens is 216 g/mol. The van der Waals surface area contributed by atoms with Crippen molar-refractivity contribution in [2.45, 2.75) is 38.9 Å². The predicted octanol–water partition coefficient (Wildman–Crippen LogP) is 0.704. The lowest BCUT2D eigenvalue weighted by molar-refractivity contribution is 0.0132. The third-order valence-corrected chi connectivity index (χ3v) is 3.20. The minimum Gasteiger partial charge on any atom is -0.390 e. The van der Waals surface area contributed by atoms with Crippen molar-refractivity contribution in [3.63, 3.8) is 0 Å². The average molecular weight is 244 g/mol. The van der Waals surface area contributed by atoms with Gasteiger partial charge in [0.1, 0.15) is 0 Å². The first-order valence-electron chi connectivity index (χ1n) is 6.75. The van der Waals surface area contributed by atoms with Gasteiger partial charge in [-0.2, -0.15) is 0 Å². The molecule has 1 fully saturated rings. The monoisotopic (exact) mass is 244 g/mol. The molecule has 0 saturated carbocycles. The molecule has 2 N–H and O–H groups in total. The molecule has 0 aromatic rings. The van der Waals surface area contributed by atoms with Gasteiger partial charge in [0.2, 0.25) is 0 Å². The molecule has 0 aliphatic carbocycles. The van der Waals surface area contributed by atoms with Crippen molar-refractivity contribution in [1.29, 1.82) is 0 Å². The van der Waals surface area contributed by atoms with Crippen LogP contribution in [0.15, 0.2) is 0 Å². The molecule has 1 rings (SSSR count). The fourth-order valence-electron chi connectivity index (χ4n) is 2.27. The van der Waals surface area contributed by atoms with Gasteiger partial charge in [-0.05, 0) is 31.8 Å². The lowest BCUT2D eigenvalue weighted by Gasteiger charge is -2.33. The van der Waals surface area contributed by atoms with Gasteiger partial charge in [-0.15, -0.1) is 0 Å². The van der Waals surface area contributed by atoms with Gasteiger partial charge >= 0.3 is 0 Å². The van der Waals surface area contributed by atoms with Gasteiger partial charge in [0.25, 0.3) is 0 Å². The molecular formula is C13H28N2O2. The van der Waals surface area contributed by atoms with Crippen molar-refractivity contribution in [1.82, 2.24) is 10.2 Å². The fourth-order valence-corrected chi connectivity index (χ4v) is 2.27. The second-order valence-electron chi connectivity index (χ2n) is 5.47. The average Bonchev–Trinajstić information content (AvgIpc) is 2.28. The number of piperidine rings is 1. The summed E-state index contributed by atoms with van der Waals surface area (Å²) in [5.41, 5.74) is 0. The van der Waals surface area contributed by atoms with E-state index in [1.807, 2.05) is 0 Å². The van der Waals surface area contributed by atoms with E-state index in [1.165, 1.54) is 6.42 Å². The molecule has 0 aromatic carbocycles. The lowest BCUT2D eigenvalue weighted by atomic mass is 10.1. The van der Waals surface area contributed by atoms with E-state index in [9.17, 15) is 5.11 Å². The van der Waals surface area contributed by atoms with E-state index < -0.39 is 0 Å². The van der Waals surface area contributed by atoms with Crippen molar-refractivity contribution in [3.8, 4) is 0 Å². The van der Waals surface area contributed by atoms with Crippen LogP contribution >= 0.6 is 0 Å². The summed E-state index contributed by atoms with van der Waals surface area (Å²) in [5.74, 6) is 0.634. The molecule has 4 nitrogen and oxygen atoms in total. The number of rotatable bonds is 7. The van der Waals surface area contributed by atoms with Crippen LogP contribution in [0.4, 0.5) is 0 Å². The van der Waals surface area contributed by atoms with Gasteiger partial charge in [0, 0.05) is 26.7 Å². The van der Waals surface area contributed by atoms with E-state index in [1.54, 1.807) is 7.11 Å². The van der Waals surface area contributed by atoms with E-state index in [-0.39, 0.29) is 6.10 Å². The first kappa shape index (κ1) is 14.9. The smallest absolute Gasteiger partial charge is 0.0791 e. The highest BCUT2D eigenvalue weighted by Crippen LogP contribution is 2.12. The molecule has 1 aliphatic heterocycles. The number of aliphatic hydroxyl groups is 1. The summed E-state index contributed by atoms with van der Waals surface area (Å²) in [7, 11) is 1.77. The van der Waals surface area contributed by atoms with E-state index in [2.05, 4.69) is 24.1 Å². The number of nitrogens with zero attached hydrogens (tertiary/aromatic N) is 1. The molecule has 1 heterocycles. The molecule has 0 radical (unpaired) electrons. The largest absolute Gasteiger partial charge is 0.390 e. The molecule has 2 unspecified atom stereocenters. The van der Waals surface area contributed by atoms with Crippen LogP contribution in [-0.2, 0) is 4.74 Å². The van der Waals surface area contributed by atoms with Crippen molar-refractivity contribution in [2.24, 2.45) is 5.92 Å². The zero-order chi connectivity index (χ0) is 12.7. The van der Waals surface area contributed by atoms with Crippen molar-refractivity contribution >= 4 is 0 Å². The quantitative estimate of drug-likeness (QED) is 0.692. The van der Waals surface area contributed by atoms with Gasteiger partial charge in [0.15, 0.2) is 0 Å². The zero-order valence-corrected chi connectivity index (χ0v) is 11.5. The van der Waals surface area contributed by atoms with E-state index >= 15 is 0 Å². The summed E-state index contributed by atoms with van der Waals surface area (Å²) in [6.45, 7) is 8.80. The maximum absolute atomic E-state index is 9.93. The standard InChI is InChI=1S/C13H28N2O2/c1-11(2)7-14-8-12(16)9-15-6-4-5-13(10-15)17-3/h11-14,16H,4-10H2,1-3H3. The second-order valence-corrected chi connectivity index (χ2v) is 5.47. The third-order valence-electron chi connectivity index (χ3n) is 3.20. The third kappa shape index (κ3) is 6.36. The topological polar surface area (TPSA) is 44.7 Å². The van der Waals surface area contributed by atoms with Crippen LogP contribution in [0, 0.1) is 5.92 Å². The Morgan fingerprint density at radius 1 is 1.41 bits per heavy atom. The molecule has 102 valence electrons. The van der Waals surface area contributed by atoms with Crippen molar-refractivity contribution in [2.75, 3.05) is 39.8 Å². The number of methoxy groups -OCH3 is 1. The first-order chi connectivity index (χ1) is 8.11. The lowest BCUT2D eigenvalue weighted by Crippen LogP contribution is -2.45. The molecule has 17 heavy (non-hydrogen) atoms. The molecule has 1 aliphatic rings. The molecule has 0 spiro atoms. The summed E-state index contributed by atoms with van der Waals surface area (Å²) in [5, 5.41) is 13.2. The fraction of sp³-hybridized carbons (Fsp3) is 1.00. The van der Waals surface area contributed by atoms with Gasteiger partial charge in [-0.1, -0.05) is 13.8 Å². The second kappa shape index (κ2) is 8.03. The molecule has 0 bridgehead atoms. The summed E-state index contributed by atoms with van der Waals surface area (Å²) in [6.07, 6.45) is 2.39. The minimum absolute atomic E-state index is 0.274. The number of hydrogen-bond donors (Lipinski definition) is 2. The van der Waals surface area contributed by atoms with Crippen LogP contribution in [0.1, 0.15) is 26.7 Å². The van der Waals surface area contributed by atoms with E-state index in [0.29, 0.717) is 18.6 Å². The summed E-state index contributed by atoms with van der Waals surface area (Å²) in [4.78, 5) is 2.30. The maximum atomic E-state index is 9.93. The first-order valence-corrected chi connectivity index (χ1v) is 6.75. The molecule has 0 amide bonds. The van der Waals surface area contributed by atoms with Gasteiger partial charge in [-0.25, -0.2) is 0 Å². The molecule has 2 atom stereocenters. The Morgan fingerprint density at radius 2 is 2.18 bits per heavy atom. The number of ether oxygens (including phenoxy) is 1. The Labute approximate surface area is 105 Å². The zero-order valence-electron chi connectivity index (χ0n) is 11.5. The Hall–Kier alpha value is -0.160. The summed E-state index contributed by atoms with van der Waals surface area (Å²) in [6, 6.07) is 0. The predicted molar refractivity (Wildman–Crippen MR) is 70.2 cm³/mol. The minimum atomic E-state index is -0.274. The molecule has 0 aromatic heterocycles. The highest BCUT2D eigenvalue weighted by atomic mass is 16.5. The van der Waals surface area contributed by atoms with Crippen LogP contribution in [0.3, 0.4) is 0 Å². The Morgan fingerprint density at radius 3 is 2.82 bits per heavy atom. The Bertz CT molecular complexity index is 200. The summed E-state index contributed by atoms with van der Waals surface area (Å²) >= 11 is 0. The number of nitrogens with one attached hydrogen (secondary N) is 1. The number of β-amino-alcohol motifs (C(OH)–C–C–N with tert-alkyl or cyclic N) is 1. The highest BCUT2D eigenvalue weighted by molar-refractivity contribution is 4.76. The molecule has 4 heteroatoms. The van der Waals surface area contributed by atoms with Crippen LogP contribution < -0.4 is 5.32 Å². The van der Waals surface area contributed by atoms with Crippen molar-refractivity contribution in [3.05, 3.63) is 0 Å². The number of likely N-dealkylation sites (tertiary alicyclic amines) is 1. The highest BCUT2D eigenvalue weighted by Gasteiger charge is 2.21. The van der Waals surface area contributed by atoms with Gasteiger partial charge < -0.3 is 15.2 Å². The van der Waals surface area contributed by atoms with Crippen LogP contribution in [0.5, 0.6) is 0 Å².